The molecule has 1 fully saturated rings. The van der Waals surface area contributed by atoms with Gasteiger partial charge < -0.3 is 16.0 Å². The molecular weight excluding hydrogens is 386 g/mol. The number of carbonyl (C=O) groups excluding carboxylic acids is 2. The van der Waals surface area contributed by atoms with Crippen molar-refractivity contribution >= 4 is 17.5 Å². The molecule has 0 unspecified atom stereocenters. The average molecular weight is 422 g/mol. The highest BCUT2D eigenvalue weighted by atomic mass is 16.2. The van der Waals surface area contributed by atoms with Crippen LogP contribution in [-0.2, 0) is 11.3 Å². The zero-order valence-corrected chi connectivity index (χ0v) is 18.9. The highest BCUT2D eigenvalue weighted by molar-refractivity contribution is 6.04. The van der Waals surface area contributed by atoms with Crippen LogP contribution in [0.25, 0.3) is 0 Å². The fourth-order valence-electron chi connectivity index (χ4n) is 4.13. The number of nitrogens with zero attached hydrogens (tertiary/aromatic N) is 1. The molecule has 2 aromatic rings. The second kappa shape index (κ2) is 10.1. The van der Waals surface area contributed by atoms with E-state index in [-0.39, 0.29) is 29.3 Å². The molecule has 3 rings (SSSR count). The van der Waals surface area contributed by atoms with Crippen molar-refractivity contribution in [3.8, 4) is 0 Å². The van der Waals surface area contributed by atoms with Crippen molar-refractivity contribution in [3.05, 3.63) is 65.7 Å². The van der Waals surface area contributed by atoms with Crippen LogP contribution >= 0.6 is 0 Å². The zero-order valence-electron chi connectivity index (χ0n) is 18.9. The molecular formula is C26H35N3O2. The second-order valence-corrected chi connectivity index (χ2v) is 9.85. The number of anilines is 1. The summed E-state index contributed by atoms with van der Waals surface area (Å²) < 4.78 is 0. The van der Waals surface area contributed by atoms with Crippen LogP contribution in [-0.4, -0.2) is 28.8 Å². The van der Waals surface area contributed by atoms with Crippen molar-refractivity contribution in [3.63, 3.8) is 0 Å². The van der Waals surface area contributed by atoms with Crippen molar-refractivity contribution < 1.29 is 9.59 Å². The van der Waals surface area contributed by atoms with Crippen molar-refractivity contribution in [1.82, 2.24) is 4.90 Å². The summed E-state index contributed by atoms with van der Waals surface area (Å²) in [5, 5.41) is 2.97. The second-order valence-electron chi connectivity index (χ2n) is 9.85. The number of benzene rings is 2. The molecule has 166 valence electrons. The molecule has 5 nitrogen and oxygen atoms in total. The van der Waals surface area contributed by atoms with E-state index < -0.39 is 0 Å². The number of hydrogen-bond donors (Lipinski definition) is 2. The molecule has 0 saturated heterocycles. The van der Waals surface area contributed by atoms with E-state index in [2.05, 4.69) is 26.1 Å². The van der Waals surface area contributed by atoms with Gasteiger partial charge in [0.25, 0.3) is 5.91 Å². The van der Waals surface area contributed by atoms with Gasteiger partial charge in [0, 0.05) is 36.3 Å². The first-order chi connectivity index (χ1) is 14.7. The van der Waals surface area contributed by atoms with Gasteiger partial charge in [0.1, 0.15) is 0 Å². The standard InChI is InChI=1S/C26H35N3O2/c1-26(2,3)17-24(30)29(23-14-12-21(27)13-15-23)18-19-8-7-11-22(16-19)28-25(31)20-9-5-4-6-10-20/h4-11,16,21,23H,12-15,17-18,27H2,1-3H3,(H,28,31). The molecule has 0 spiro atoms. The van der Waals surface area contributed by atoms with E-state index >= 15 is 0 Å². The molecule has 2 amide bonds. The van der Waals surface area contributed by atoms with E-state index in [0.717, 1.165) is 36.9 Å². The van der Waals surface area contributed by atoms with Gasteiger partial charge in [0.2, 0.25) is 5.91 Å². The highest BCUT2D eigenvalue weighted by Gasteiger charge is 2.30. The SMILES string of the molecule is CC(C)(C)CC(=O)N(Cc1cccc(NC(=O)c2ccccc2)c1)C1CCC(N)CC1. The summed E-state index contributed by atoms with van der Waals surface area (Å²) in [6, 6.07) is 17.4. The molecule has 2 aromatic carbocycles. The lowest BCUT2D eigenvalue weighted by Gasteiger charge is -2.37. The fourth-order valence-corrected chi connectivity index (χ4v) is 4.13. The first-order valence-electron chi connectivity index (χ1n) is 11.2. The predicted octanol–water partition coefficient (Wildman–Crippen LogP) is 4.97. The number of amides is 2. The van der Waals surface area contributed by atoms with Crippen LogP contribution < -0.4 is 11.1 Å². The summed E-state index contributed by atoms with van der Waals surface area (Å²) in [7, 11) is 0. The molecule has 1 aliphatic rings. The molecule has 1 saturated carbocycles. The van der Waals surface area contributed by atoms with Gasteiger partial charge in [-0.05, 0) is 60.9 Å². The molecule has 0 atom stereocenters. The summed E-state index contributed by atoms with van der Waals surface area (Å²) in [6.45, 7) is 6.84. The van der Waals surface area contributed by atoms with Crippen LogP contribution in [0.15, 0.2) is 54.6 Å². The van der Waals surface area contributed by atoms with Gasteiger partial charge in [-0.15, -0.1) is 0 Å². The first kappa shape index (κ1) is 23.0. The lowest BCUT2D eigenvalue weighted by atomic mass is 9.88. The van der Waals surface area contributed by atoms with E-state index in [4.69, 9.17) is 5.73 Å². The number of hydrogen-bond acceptors (Lipinski definition) is 3. The maximum absolute atomic E-state index is 13.2. The largest absolute Gasteiger partial charge is 0.335 e. The van der Waals surface area contributed by atoms with Gasteiger partial charge in [-0.3, -0.25) is 9.59 Å². The minimum Gasteiger partial charge on any atom is -0.335 e. The smallest absolute Gasteiger partial charge is 0.255 e. The van der Waals surface area contributed by atoms with Gasteiger partial charge in [0.05, 0.1) is 0 Å². The Hall–Kier alpha value is -2.66. The van der Waals surface area contributed by atoms with Crippen molar-refractivity contribution in [2.24, 2.45) is 11.1 Å². The zero-order chi connectivity index (χ0) is 22.4. The van der Waals surface area contributed by atoms with E-state index in [1.165, 1.54) is 0 Å². The van der Waals surface area contributed by atoms with Gasteiger partial charge in [-0.1, -0.05) is 51.1 Å². The number of carbonyl (C=O) groups is 2. The van der Waals surface area contributed by atoms with Gasteiger partial charge in [-0.2, -0.15) is 0 Å². The van der Waals surface area contributed by atoms with Crippen LogP contribution in [0, 0.1) is 5.41 Å². The molecule has 1 aliphatic carbocycles. The molecule has 31 heavy (non-hydrogen) atoms. The van der Waals surface area contributed by atoms with Gasteiger partial charge >= 0.3 is 0 Å². The Kier molecular flexibility index (Phi) is 7.50. The normalized spacial score (nSPS) is 19.0. The fraction of sp³-hybridized carbons (Fsp3) is 0.462. The number of nitrogens with one attached hydrogen (secondary N) is 1. The third kappa shape index (κ3) is 6.93. The maximum Gasteiger partial charge on any atom is 0.255 e. The van der Waals surface area contributed by atoms with Gasteiger partial charge in [0.15, 0.2) is 0 Å². The Bertz CT molecular complexity index is 881. The van der Waals surface area contributed by atoms with E-state index in [9.17, 15) is 9.59 Å². The lowest BCUT2D eigenvalue weighted by Crippen LogP contribution is -2.44. The minimum atomic E-state index is -0.139. The Morgan fingerprint density at radius 3 is 2.32 bits per heavy atom. The Morgan fingerprint density at radius 2 is 1.68 bits per heavy atom. The molecule has 0 bridgehead atoms. The van der Waals surface area contributed by atoms with E-state index in [1.807, 2.05) is 47.4 Å². The minimum absolute atomic E-state index is 0.0636. The summed E-state index contributed by atoms with van der Waals surface area (Å²) in [5.41, 5.74) is 8.41. The monoisotopic (exact) mass is 421 g/mol. The molecule has 0 aromatic heterocycles. The average Bonchev–Trinajstić information content (AvgIpc) is 2.72. The molecule has 0 aliphatic heterocycles. The van der Waals surface area contributed by atoms with E-state index in [0.29, 0.717) is 18.5 Å². The van der Waals surface area contributed by atoms with Crippen LogP contribution in [0.2, 0.25) is 0 Å². The predicted molar refractivity (Wildman–Crippen MR) is 126 cm³/mol. The number of rotatable bonds is 6. The Balaban J connectivity index is 1.75. The summed E-state index contributed by atoms with van der Waals surface area (Å²) >= 11 is 0. The molecule has 0 radical (unpaired) electrons. The summed E-state index contributed by atoms with van der Waals surface area (Å²) in [6.07, 6.45) is 4.32. The topological polar surface area (TPSA) is 75.4 Å². The van der Waals surface area contributed by atoms with Crippen LogP contribution in [0.4, 0.5) is 5.69 Å². The first-order valence-corrected chi connectivity index (χ1v) is 11.2. The third-order valence-electron chi connectivity index (χ3n) is 5.76. The summed E-state index contributed by atoms with van der Waals surface area (Å²) in [5.74, 6) is 0.0476. The molecule has 3 N–H and O–H groups in total. The summed E-state index contributed by atoms with van der Waals surface area (Å²) in [4.78, 5) is 27.8. The van der Waals surface area contributed by atoms with Crippen LogP contribution in [0.3, 0.4) is 0 Å². The van der Waals surface area contributed by atoms with Gasteiger partial charge in [-0.25, -0.2) is 0 Å². The maximum atomic E-state index is 13.2. The van der Waals surface area contributed by atoms with Crippen molar-refractivity contribution in [1.29, 1.82) is 0 Å². The van der Waals surface area contributed by atoms with Crippen LogP contribution in [0.1, 0.15) is 68.8 Å². The molecule has 0 heterocycles. The Morgan fingerprint density at radius 1 is 1.00 bits per heavy atom. The quantitative estimate of drug-likeness (QED) is 0.691. The van der Waals surface area contributed by atoms with Crippen LogP contribution in [0.5, 0.6) is 0 Å². The third-order valence-corrected chi connectivity index (χ3v) is 5.76. The molecule has 5 heteroatoms. The van der Waals surface area contributed by atoms with E-state index in [1.54, 1.807) is 12.1 Å². The Labute approximate surface area is 186 Å². The van der Waals surface area contributed by atoms with Crippen molar-refractivity contribution in [2.75, 3.05) is 5.32 Å². The lowest BCUT2D eigenvalue weighted by molar-refractivity contribution is -0.137. The highest BCUT2D eigenvalue weighted by Crippen LogP contribution is 2.28. The van der Waals surface area contributed by atoms with Crippen molar-refractivity contribution in [2.45, 2.75) is 71.5 Å². The number of nitrogens with two attached hydrogens (primary N) is 1.